The third-order valence-corrected chi connectivity index (χ3v) is 4.26. The van der Waals surface area contributed by atoms with Gasteiger partial charge in [0.25, 0.3) is 5.91 Å². The van der Waals surface area contributed by atoms with Gasteiger partial charge in [-0.1, -0.05) is 0 Å². The van der Waals surface area contributed by atoms with Crippen LogP contribution in [-0.2, 0) is 9.59 Å². The standard InChI is InChI=1S/C18H19FN2O4S/c1-12(25-15-5-3-13(19)4-6-15)18(23)21-20-17(22)11-26-16-9-7-14(24-2)8-10-16/h3-10,12H,11H2,1-2H3,(H,20,22)(H,21,23)/t12-/m0/s1. The van der Waals surface area contributed by atoms with E-state index in [4.69, 9.17) is 9.47 Å². The summed E-state index contributed by atoms with van der Waals surface area (Å²) in [6.45, 7) is 1.52. The fourth-order valence-electron chi connectivity index (χ4n) is 1.86. The van der Waals surface area contributed by atoms with Crippen molar-refractivity contribution in [3.05, 3.63) is 54.3 Å². The van der Waals surface area contributed by atoms with Crippen molar-refractivity contribution in [3.8, 4) is 11.5 Å². The molecule has 0 aromatic heterocycles. The van der Waals surface area contributed by atoms with Gasteiger partial charge in [0.15, 0.2) is 6.10 Å². The molecule has 0 spiro atoms. The van der Waals surface area contributed by atoms with Crippen molar-refractivity contribution in [2.45, 2.75) is 17.9 Å². The van der Waals surface area contributed by atoms with E-state index in [1.807, 2.05) is 12.1 Å². The van der Waals surface area contributed by atoms with Crippen LogP contribution >= 0.6 is 11.8 Å². The first-order chi connectivity index (χ1) is 12.5. The Morgan fingerprint density at radius 1 is 1.04 bits per heavy atom. The first-order valence-electron chi connectivity index (χ1n) is 7.75. The van der Waals surface area contributed by atoms with Crippen molar-refractivity contribution in [3.63, 3.8) is 0 Å². The first kappa shape index (κ1) is 19.6. The monoisotopic (exact) mass is 378 g/mol. The van der Waals surface area contributed by atoms with Gasteiger partial charge < -0.3 is 9.47 Å². The Bertz CT molecular complexity index is 738. The number of hydrogen-bond donors (Lipinski definition) is 2. The zero-order valence-electron chi connectivity index (χ0n) is 14.3. The molecule has 2 rings (SSSR count). The number of amides is 2. The summed E-state index contributed by atoms with van der Waals surface area (Å²) in [6, 6.07) is 12.6. The van der Waals surface area contributed by atoms with Gasteiger partial charge in [-0.05, 0) is 55.5 Å². The van der Waals surface area contributed by atoms with E-state index < -0.39 is 17.8 Å². The molecule has 0 fully saturated rings. The Kier molecular flexibility index (Phi) is 7.28. The molecule has 2 N–H and O–H groups in total. The fraction of sp³-hybridized carbons (Fsp3) is 0.222. The summed E-state index contributed by atoms with van der Waals surface area (Å²) in [5, 5.41) is 0. The highest BCUT2D eigenvalue weighted by atomic mass is 32.2. The van der Waals surface area contributed by atoms with Crippen LogP contribution in [-0.4, -0.2) is 30.8 Å². The number of halogens is 1. The third-order valence-electron chi connectivity index (χ3n) is 3.25. The van der Waals surface area contributed by atoms with E-state index >= 15 is 0 Å². The van der Waals surface area contributed by atoms with Crippen molar-refractivity contribution in [1.82, 2.24) is 10.9 Å². The molecule has 1 atom stereocenters. The quantitative estimate of drug-likeness (QED) is 0.572. The maximum absolute atomic E-state index is 12.8. The van der Waals surface area contributed by atoms with Gasteiger partial charge in [-0.15, -0.1) is 11.8 Å². The van der Waals surface area contributed by atoms with Crippen molar-refractivity contribution < 1.29 is 23.5 Å². The van der Waals surface area contributed by atoms with Gasteiger partial charge in [-0.25, -0.2) is 4.39 Å². The van der Waals surface area contributed by atoms with Gasteiger partial charge in [0.05, 0.1) is 12.9 Å². The van der Waals surface area contributed by atoms with Crippen molar-refractivity contribution in [1.29, 1.82) is 0 Å². The molecule has 0 saturated heterocycles. The average Bonchev–Trinajstić information content (AvgIpc) is 2.66. The normalized spacial score (nSPS) is 11.3. The van der Waals surface area contributed by atoms with Crippen LogP contribution < -0.4 is 20.3 Å². The zero-order chi connectivity index (χ0) is 18.9. The Morgan fingerprint density at radius 3 is 2.27 bits per heavy atom. The number of nitrogens with one attached hydrogen (secondary N) is 2. The zero-order valence-corrected chi connectivity index (χ0v) is 15.1. The summed E-state index contributed by atoms with van der Waals surface area (Å²) in [4.78, 5) is 24.6. The van der Waals surface area contributed by atoms with E-state index in [0.29, 0.717) is 5.75 Å². The predicted molar refractivity (Wildman–Crippen MR) is 96.5 cm³/mol. The molecule has 0 aliphatic heterocycles. The summed E-state index contributed by atoms with van der Waals surface area (Å²) in [6.07, 6.45) is -0.852. The number of hydrogen-bond acceptors (Lipinski definition) is 5. The number of methoxy groups -OCH3 is 1. The largest absolute Gasteiger partial charge is 0.497 e. The smallest absolute Gasteiger partial charge is 0.279 e. The van der Waals surface area contributed by atoms with Crippen LogP contribution in [0, 0.1) is 5.82 Å². The van der Waals surface area contributed by atoms with E-state index in [2.05, 4.69) is 10.9 Å². The molecular formula is C18H19FN2O4S. The second-order valence-electron chi connectivity index (χ2n) is 5.22. The number of rotatable bonds is 7. The predicted octanol–water partition coefficient (Wildman–Crippen LogP) is 2.54. The summed E-state index contributed by atoms with van der Waals surface area (Å²) in [7, 11) is 1.58. The number of ether oxygens (including phenoxy) is 2. The number of benzene rings is 2. The third kappa shape index (κ3) is 6.29. The molecule has 8 heteroatoms. The minimum Gasteiger partial charge on any atom is -0.497 e. The Balaban J connectivity index is 1.71. The molecule has 0 aliphatic carbocycles. The summed E-state index contributed by atoms with van der Waals surface area (Å²) >= 11 is 1.33. The molecule has 0 aliphatic rings. The fourth-order valence-corrected chi connectivity index (χ4v) is 2.56. The minimum atomic E-state index is -0.852. The van der Waals surface area contributed by atoms with Gasteiger partial charge >= 0.3 is 0 Å². The molecule has 2 aromatic rings. The van der Waals surface area contributed by atoms with E-state index in [1.165, 1.54) is 43.0 Å². The molecule has 6 nitrogen and oxygen atoms in total. The van der Waals surface area contributed by atoms with E-state index in [0.717, 1.165) is 10.6 Å². The molecule has 2 aromatic carbocycles. The second kappa shape index (κ2) is 9.67. The molecule has 0 heterocycles. The number of hydrazine groups is 1. The second-order valence-corrected chi connectivity index (χ2v) is 6.26. The molecule has 2 amide bonds. The van der Waals surface area contributed by atoms with Gasteiger partial charge in [-0.3, -0.25) is 20.4 Å². The summed E-state index contributed by atoms with van der Waals surface area (Å²) in [5.74, 6) is -0.0298. The lowest BCUT2D eigenvalue weighted by atomic mass is 10.3. The van der Waals surface area contributed by atoms with Crippen LogP contribution in [0.1, 0.15) is 6.92 Å². The highest BCUT2D eigenvalue weighted by Crippen LogP contribution is 2.20. The maximum Gasteiger partial charge on any atom is 0.279 e. The topological polar surface area (TPSA) is 76.7 Å². The van der Waals surface area contributed by atoms with Crippen LogP contribution in [0.5, 0.6) is 11.5 Å². The molecular weight excluding hydrogens is 359 g/mol. The molecule has 0 radical (unpaired) electrons. The highest BCUT2D eigenvalue weighted by Gasteiger charge is 2.15. The lowest BCUT2D eigenvalue weighted by Gasteiger charge is -2.15. The van der Waals surface area contributed by atoms with Gasteiger partial charge in [-0.2, -0.15) is 0 Å². The van der Waals surface area contributed by atoms with E-state index in [1.54, 1.807) is 19.2 Å². The number of carbonyl (C=O) groups excluding carboxylic acids is 2. The summed E-state index contributed by atoms with van der Waals surface area (Å²) < 4.78 is 23.3. The van der Waals surface area contributed by atoms with Crippen LogP contribution in [0.2, 0.25) is 0 Å². The van der Waals surface area contributed by atoms with Crippen LogP contribution in [0.4, 0.5) is 4.39 Å². The van der Waals surface area contributed by atoms with E-state index in [9.17, 15) is 14.0 Å². The van der Waals surface area contributed by atoms with Gasteiger partial charge in [0, 0.05) is 4.90 Å². The Labute approximate surface area is 155 Å². The molecule has 0 saturated carbocycles. The SMILES string of the molecule is COc1ccc(SCC(=O)NNC(=O)[C@H](C)Oc2ccc(F)cc2)cc1. The van der Waals surface area contributed by atoms with Gasteiger partial charge in [0.1, 0.15) is 17.3 Å². The highest BCUT2D eigenvalue weighted by molar-refractivity contribution is 8.00. The first-order valence-corrected chi connectivity index (χ1v) is 8.74. The molecule has 26 heavy (non-hydrogen) atoms. The number of carbonyl (C=O) groups is 2. The lowest BCUT2D eigenvalue weighted by molar-refractivity contribution is -0.131. The molecule has 138 valence electrons. The maximum atomic E-state index is 12.8. The summed E-state index contributed by atoms with van der Waals surface area (Å²) in [5.41, 5.74) is 4.62. The molecule has 0 unspecified atom stereocenters. The van der Waals surface area contributed by atoms with Crippen molar-refractivity contribution >= 4 is 23.6 Å². The molecule has 0 bridgehead atoms. The number of thioether (sulfide) groups is 1. The Hall–Kier alpha value is -2.74. The van der Waals surface area contributed by atoms with Crippen LogP contribution in [0.15, 0.2) is 53.4 Å². The van der Waals surface area contributed by atoms with Crippen molar-refractivity contribution in [2.75, 3.05) is 12.9 Å². The average molecular weight is 378 g/mol. The lowest BCUT2D eigenvalue weighted by Crippen LogP contribution is -2.47. The van der Waals surface area contributed by atoms with Crippen molar-refractivity contribution in [2.24, 2.45) is 0 Å². The minimum absolute atomic E-state index is 0.139. The Morgan fingerprint density at radius 2 is 1.65 bits per heavy atom. The van der Waals surface area contributed by atoms with Crippen LogP contribution in [0.25, 0.3) is 0 Å². The van der Waals surface area contributed by atoms with E-state index in [-0.39, 0.29) is 11.7 Å². The van der Waals surface area contributed by atoms with Gasteiger partial charge in [0.2, 0.25) is 5.91 Å². The van der Waals surface area contributed by atoms with Crippen LogP contribution in [0.3, 0.4) is 0 Å².